The highest BCUT2D eigenvalue weighted by molar-refractivity contribution is 7.92. The summed E-state index contributed by atoms with van der Waals surface area (Å²) in [7, 11) is -3.82. The van der Waals surface area contributed by atoms with E-state index in [1.54, 1.807) is 4.90 Å². The van der Waals surface area contributed by atoms with Crippen molar-refractivity contribution in [2.75, 3.05) is 23.7 Å². The minimum Gasteiger partial charge on any atom is -0.354 e. The predicted octanol–water partition coefficient (Wildman–Crippen LogP) is 6.79. The lowest BCUT2D eigenvalue weighted by Gasteiger charge is -2.57. The van der Waals surface area contributed by atoms with E-state index >= 15 is 0 Å². The second kappa shape index (κ2) is 14.5. The van der Waals surface area contributed by atoms with Gasteiger partial charge in [0.05, 0.1) is 11.9 Å². The Bertz CT molecular complexity index is 1650. The lowest BCUT2D eigenvalue weighted by atomic mass is 9.48. The monoisotopic (exact) mass is 669 g/mol. The maximum atomic E-state index is 14.5. The van der Waals surface area contributed by atoms with Crippen LogP contribution in [0.5, 0.6) is 0 Å². The fraction of sp³-hybridized carbons (Fsp3) is 0.500. The Morgan fingerprint density at radius 1 is 0.875 bits per heavy atom. The third-order valence-electron chi connectivity index (χ3n) is 11.2. The third kappa shape index (κ3) is 7.64. The molecule has 0 aliphatic heterocycles. The Morgan fingerprint density at radius 3 is 2.06 bits per heavy atom. The number of sulfonamides is 1. The van der Waals surface area contributed by atoms with Gasteiger partial charge in [0.2, 0.25) is 21.8 Å². The smallest absolute Gasteiger partial charge is 0.244 e. The van der Waals surface area contributed by atoms with Gasteiger partial charge in [0.15, 0.2) is 0 Å². The zero-order valence-electron chi connectivity index (χ0n) is 28.7. The number of anilines is 1. The zero-order valence-corrected chi connectivity index (χ0v) is 29.6. The number of carbonyl (C=O) groups is 2. The summed E-state index contributed by atoms with van der Waals surface area (Å²) < 4.78 is 27.9. The lowest BCUT2D eigenvalue weighted by molar-refractivity contribution is -0.140. The van der Waals surface area contributed by atoms with Gasteiger partial charge >= 0.3 is 0 Å². The van der Waals surface area contributed by atoms with Gasteiger partial charge in [-0.2, -0.15) is 0 Å². The molecule has 0 radical (unpaired) electrons. The van der Waals surface area contributed by atoms with E-state index in [0.29, 0.717) is 18.7 Å². The van der Waals surface area contributed by atoms with E-state index in [2.05, 4.69) is 24.4 Å². The first-order chi connectivity index (χ1) is 23.0. The first-order valence-electron chi connectivity index (χ1n) is 17.8. The maximum absolute atomic E-state index is 14.5. The summed E-state index contributed by atoms with van der Waals surface area (Å²) in [4.78, 5) is 29.9. The number of hydrogen-bond acceptors (Lipinski definition) is 4. The molecule has 256 valence electrons. The number of hydrogen-bond donors (Lipinski definition) is 1. The SMILES string of the molecule is CCCCNC(=O)C(Cc1ccccc1)N(Cc1ccccc1C)C(=O)CN(c1ccc(C23CC4CC(CC(C4)C2)C3)cc1)S(C)(=O)=O. The van der Waals surface area contributed by atoms with E-state index in [1.165, 1.54) is 48.4 Å². The Kier molecular flexibility index (Phi) is 10.3. The summed E-state index contributed by atoms with van der Waals surface area (Å²) in [5.74, 6) is 1.77. The van der Waals surface area contributed by atoms with Crippen molar-refractivity contribution in [1.82, 2.24) is 10.2 Å². The van der Waals surface area contributed by atoms with Crippen LogP contribution in [-0.2, 0) is 38.0 Å². The molecular formula is C40H51N3O4S. The van der Waals surface area contributed by atoms with E-state index in [9.17, 15) is 18.0 Å². The van der Waals surface area contributed by atoms with Gasteiger partial charge in [-0.1, -0.05) is 80.1 Å². The van der Waals surface area contributed by atoms with Crippen molar-refractivity contribution in [3.8, 4) is 0 Å². The summed E-state index contributed by atoms with van der Waals surface area (Å²) in [5.41, 5.74) is 4.81. The third-order valence-corrected chi connectivity index (χ3v) is 12.3. The molecule has 3 aromatic rings. The summed E-state index contributed by atoms with van der Waals surface area (Å²) in [6.45, 7) is 4.36. The number of unbranched alkanes of at least 4 members (excludes halogenated alkanes) is 1. The minimum absolute atomic E-state index is 0.187. The zero-order chi connectivity index (χ0) is 33.9. The van der Waals surface area contributed by atoms with Crippen molar-refractivity contribution in [2.45, 2.75) is 89.6 Å². The van der Waals surface area contributed by atoms with Crippen LogP contribution in [0.2, 0.25) is 0 Å². The van der Waals surface area contributed by atoms with Crippen molar-refractivity contribution in [3.63, 3.8) is 0 Å². The number of nitrogens with zero attached hydrogens (tertiary/aromatic N) is 2. The molecule has 0 heterocycles. The molecule has 7 rings (SSSR count). The van der Waals surface area contributed by atoms with E-state index in [0.717, 1.165) is 53.5 Å². The Labute approximate surface area is 287 Å². The highest BCUT2D eigenvalue weighted by Crippen LogP contribution is 2.60. The quantitative estimate of drug-likeness (QED) is 0.192. The van der Waals surface area contributed by atoms with Gasteiger partial charge in [0, 0.05) is 19.5 Å². The topological polar surface area (TPSA) is 86.8 Å². The number of rotatable bonds is 14. The number of carbonyl (C=O) groups excluding carboxylic acids is 2. The summed E-state index contributed by atoms with van der Waals surface area (Å²) >= 11 is 0. The maximum Gasteiger partial charge on any atom is 0.244 e. The molecule has 3 aromatic carbocycles. The molecule has 0 spiro atoms. The number of amides is 2. The van der Waals surface area contributed by atoms with Gasteiger partial charge in [0.25, 0.3) is 0 Å². The second-order valence-corrected chi connectivity index (χ2v) is 16.7. The Morgan fingerprint density at radius 2 is 1.48 bits per heavy atom. The van der Waals surface area contributed by atoms with Gasteiger partial charge in [-0.3, -0.25) is 13.9 Å². The van der Waals surface area contributed by atoms with E-state index in [4.69, 9.17) is 0 Å². The largest absolute Gasteiger partial charge is 0.354 e. The molecule has 8 heteroatoms. The molecule has 1 N–H and O–H groups in total. The van der Waals surface area contributed by atoms with Crippen molar-refractivity contribution in [2.24, 2.45) is 17.8 Å². The minimum atomic E-state index is -3.82. The lowest BCUT2D eigenvalue weighted by Crippen LogP contribution is -2.53. The fourth-order valence-corrected chi connectivity index (χ4v) is 9.94. The molecule has 4 aliphatic carbocycles. The van der Waals surface area contributed by atoms with Crippen LogP contribution < -0.4 is 9.62 Å². The van der Waals surface area contributed by atoms with Crippen LogP contribution in [0.1, 0.15) is 80.5 Å². The van der Waals surface area contributed by atoms with Crippen LogP contribution in [0.4, 0.5) is 5.69 Å². The van der Waals surface area contributed by atoms with Crippen LogP contribution in [0.15, 0.2) is 78.9 Å². The van der Waals surface area contributed by atoms with Crippen LogP contribution in [0.25, 0.3) is 0 Å². The Hall–Kier alpha value is -3.65. The molecule has 2 amide bonds. The Balaban J connectivity index is 1.30. The standard InChI is InChI=1S/C40H51N3O4S/c1-4-5-19-41-39(45)37(23-30-12-7-6-8-13-30)42(27-34-14-10-9-11-29(34)2)38(44)28-43(48(3,46)47)36-17-15-35(16-18-36)40-24-31-20-32(25-40)22-33(21-31)26-40/h6-18,31-33,37H,4-5,19-28H2,1-3H3,(H,41,45). The fourth-order valence-electron chi connectivity index (χ4n) is 9.09. The van der Waals surface area contributed by atoms with E-state index in [1.807, 2.05) is 73.7 Å². The molecule has 7 nitrogen and oxygen atoms in total. The number of benzene rings is 3. The van der Waals surface area contributed by atoms with Gasteiger partial charge in [0.1, 0.15) is 12.6 Å². The van der Waals surface area contributed by atoms with Crippen molar-refractivity contribution >= 4 is 27.5 Å². The van der Waals surface area contributed by atoms with Crippen LogP contribution >= 0.6 is 0 Å². The number of nitrogens with one attached hydrogen (secondary N) is 1. The van der Waals surface area contributed by atoms with Gasteiger partial charge in [-0.25, -0.2) is 8.42 Å². The van der Waals surface area contributed by atoms with Crippen LogP contribution in [0, 0.1) is 24.7 Å². The average Bonchev–Trinajstić information content (AvgIpc) is 3.05. The van der Waals surface area contributed by atoms with Crippen molar-refractivity contribution in [1.29, 1.82) is 0 Å². The van der Waals surface area contributed by atoms with Gasteiger partial charge < -0.3 is 10.2 Å². The first kappa shape index (κ1) is 34.2. The van der Waals surface area contributed by atoms with Gasteiger partial charge in [-0.15, -0.1) is 0 Å². The summed E-state index contributed by atoms with van der Waals surface area (Å²) in [5, 5.41) is 3.05. The molecule has 1 atom stereocenters. The highest BCUT2D eigenvalue weighted by atomic mass is 32.2. The van der Waals surface area contributed by atoms with Crippen LogP contribution in [0.3, 0.4) is 0 Å². The molecule has 48 heavy (non-hydrogen) atoms. The molecular weight excluding hydrogens is 619 g/mol. The molecule has 4 aliphatic rings. The molecule has 0 saturated heterocycles. The molecule has 4 fully saturated rings. The van der Waals surface area contributed by atoms with Crippen molar-refractivity contribution < 1.29 is 18.0 Å². The van der Waals surface area contributed by atoms with Crippen molar-refractivity contribution in [3.05, 3.63) is 101 Å². The molecule has 4 saturated carbocycles. The normalized spacial score (nSPS) is 23.4. The molecule has 0 aromatic heterocycles. The summed E-state index contributed by atoms with van der Waals surface area (Å²) in [6, 6.07) is 24.7. The van der Waals surface area contributed by atoms with E-state index in [-0.39, 0.29) is 17.9 Å². The predicted molar refractivity (Wildman–Crippen MR) is 192 cm³/mol. The number of aryl methyl sites for hydroxylation is 1. The first-order valence-corrected chi connectivity index (χ1v) is 19.6. The molecule has 1 unspecified atom stereocenters. The highest BCUT2D eigenvalue weighted by Gasteiger charge is 2.51. The second-order valence-electron chi connectivity index (χ2n) is 14.8. The van der Waals surface area contributed by atoms with E-state index < -0.39 is 28.5 Å². The van der Waals surface area contributed by atoms with Crippen LogP contribution in [-0.4, -0.2) is 50.5 Å². The van der Waals surface area contributed by atoms with Gasteiger partial charge in [-0.05, 0) is 109 Å². The average molecular weight is 670 g/mol. The summed E-state index contributed by atoms with van der Waals surface area (Å²) in [6.07, 6.45) is 11.0. The molecule has 4 bridgehead atoms.